The van der Waals surface area contributed by atoms with E-state index in [1.54, 1.807) is 0 Å². The summed E-state index contributed by atoms with van der Waals surface area (Å²) in [5, 5.41) is 10.1. The Morgan fingerprint density at radius 2 is 0.923 bits per heavy atom. The molecule has 1 aromatic heterocycles. The quantitative estimate of drug-likeness (QED) is 0.186. The smallest absolute Gasteiger partial charge is 0.160 e. The first-order valence-corrected chi connectivity index (χ1v) is 18.2. The van der Waals surface area contributed by atoms with Crippen LogP contribution in [-0.2, 0) is 5.41 Å². The lowest BCUT2D eigenvalue weighted by Crippen LogP contribution is -2.32. The van der Waals surface area contributed by atoms with Crippen LogP contribution >= 0.6 is 11.8 Å². The van der Waals surface area contributed by atoms with Gasteiger partial charge >= 0.3 is 0 Å². The molecule has 8 aromatic rings. The number of hydrogen-bond acceptors (Lipinski definition) is 4. The van der Waals surface area contributed by atoms with Gasteiger partial charge in [-0.2, -0.15) is 5.26 Å². The third-order valence-corrected chi connectivity index (χ3v) is 11.6. The third kappa shape index (κ3) is 4.67. The topological polar surface area (TPSA) is 49.6 Å². The van der Waals surface area contributed by atoms with Crippen LogP contribution in [0.1, 0.15) is 27.8 Å². The second kappa shape index (κ2) is 12.1. The zero-order valence-corrected chi connectivity index (χ0v) is 28.8. The third-order valence-electron chi connectivity index (χ3n) is 10.4. The molecule has 2 aliphatic rings. The maximum atomic E-state index is 10.1. The van der Waals surface area contributed by atoms with Crippen molar-refractivity contribution < 1.29 is 0 Å². The molecule has 7 aromatic carbocycles. The summed E-state index contributed by atoms with van der Waals surface area (Å²) in [7, 11) is 0. The minimum absolute atomic E-state index is 0.600. The van der Waals surface area contributed by atoms with Crippen LogP contribution in [0.2, 0.25) is 0 Å². The predicted molar refractivity (Wildman–Crippen MR) is 210 cm³/mol. The summed E-state index contributed by atoms with van der Waals surface area (Å²) in [6, 6.07) is 64.2. The zero-order valence-electron chi connectivity index (χ0n) is 28.0. The van der Waals surface area contributed by atoms with Crippen LogP contribution in [0.4, 0.5) is 0 Å². The molecule has 0 radical (unpaired) electrons. The number of hydrogen-bond donors (Lipinski definition) is 0. The number of benzene rings is 7. The van der Waals surface area contributed by atoms with E-state index in [9.17, 15) is 5.26 Å². The molecule has 1 spiro atoms. The van der Waals surface area contributed by atoms with E-state index in [1.165, 1.54) is 37.6 Å². The van der Waals surface area contributed by atoms with Gasteiger partial charge in [0.1, 0.15) is 0 Å². The summed E-state index contributed by atoms with van der Waals surface area (Å²) in [5.74, 6) is 0.683. The summed E-state index contributed by atoms with van der Waals surface area (Å²) in [6.45, 7) is 0. The van der Waals surface area contributed by atoms with Gasteiger partial charge in [-0.05, 0) is 80.9 Å². The van der Waals surface area contributed by atoms with E-state index < -0.39 is 5.41 Å². The van der Waals surface area contributed by atoms with Crippen molar-refractivity contribution in [1.82, 2.24) is 9.97 Å². The van der Waals surface area contributed by atoms with Gasteiger partial charge in [-0.1, -0.05) is 151 Å². The van der Waals surface area contributed by atoms with Gasteiger partial charge in [-0.3, -0.25) is 0 Å². The molecule has 0 bridgehead atoms. The van der Waals surface area contributed by atoms with Gasteiger partial charge in [-0.15, -0.1) is 0 Å². The molecule has 0 N–H and O–H groups in total. The Hall–Kier alpha value is -6.54. The van der Waals surface area contributed by atoms with Crippen molar-refractivity contribution in [1.29, 1.82) is 5.26 Å². The van der Waals surface area contributed by atoms with E-state index in [0.29, 0.717) is 11.4 Å². The van der Waals surface area contributed by atoms with Gasteiger partial charge in [0.15, 0.2) is 5.82 Å². The standard InChI is InChI=1S/C48H29N3S/c49-30-31-19-25-37-38-26-24-36(28-42(38)48(41(37)27-31)39-15-7-9-17-45(39)52-46-18-10-8-16-40(46)48)44-29-43(50-47(51-44)35-13-5-2-6-14-35)34-22-20-33(21-23-34)32-11-3-1-4-12-32/h1-29H. The van der Waals surface area contributed by atoms with Crippen molar-refractivity contribution >= 4 is 11.8 Å². The molecule has 0 saturated heterocycles. The molecule has 0 fully saturated rings. The largest absolute Gasteiger partial charge is 0.228 e. The Morgan fingerprint density at radius 1 is 0.423 bits per heavy atom. The Balaban J connectivity index is 1.20. The van der Waals surface area contributed by atoms with Crippen LogP contribution < -0.4 is 0 Å². The molecule has 1 aliphatic carbocycles. The van der Waals surface area contributed by atoms with Crippen LogP contribution in [0.5, 0.6) is 0 Å². The second-order valence-electron chi connectivity index (χ2n) is 13.2. The summed E-state index contributed by atoms with van der Waals surface area (Å²) in [4.78, 5) is 12.8. The molecule has 0 unspecified atom stereocenters. The van der Waals surface area contributed by atoms with Crippen LogP contribution in [0.15, 0.2) is 186 Å². The number of fused-ring (bicyclic) bond motifs is 9. The SMILES string of the molecule is N#Cc1ccc2c(c1)C1(c3ccccc3Sc3ccccc31)c1cc(-c3cc(-c4ccc(-c5ccccc5)cc4)nc(-c4ccccc4)n3)ccc1-2. The first kappa shape index (κ1) is 30.3. The van der Waals surface area contributed by atoms with Crippen LogP contribution in [-0.4, -0.2) is 9.97 Å². The van der Waals surface area contributed by atoms with E-state index in [2.05, 4.69) is 152 Å². The summed E-state index contributed by atoms with van der Waals surface area (Å²) >= 11 is 1.82. The number of nitrogens with zero attached hydrogens (tertiary/aromatic N) is 3. The van der Waals surface area contributed by atoms with Crippen LogP contribution in [0.3, 0.4) is 0 Å². The van der Waals surface area contributed by atoms with Crippen molar-refractivity contribution in [3.8, 4) is 62.2 Å². The van der Waals surface area contributed by atoms with Gasteiger partial charge in [0.25, 0.3) is 0 Å². The fourth-order valence-corrected chi connectivity index (χ4v) is 9.24. The summed E-state index contributed by atoms with van der Waals surface area (Å²) in [6.07, 6.45) is 0. The highest BCUT2D eigenvalue weighted by Gasteiger charge is 2.50. The van der Waals surface area contributed by atoms with Crippen molar-refractivity contribution in [2.24, 2.45) is 0 Å². The van der Waals surface area contributed by atoms with E-state index in [-0.39, 0.29) is 0 Å². The van der Waals surface area contributed by atoms with Gasteiger partial charge in [0.2, 0.25) is 0 Å². The van der Waals surface area contributed by atoms with Crippen LogP contribution in [0.25, 0.3) is 56.2 Å². The van der Waals surface area contributed by atoms with E-state index in [0.717, 1.165) is 44.8 Å². The van der Waals surface area contributed by atoms with Gasteiger partial charge < -0.3 is 0 Å². The van der Waals surface area contributed by atoms with Crippen molar-refractivity contribution in [3.05, 3.63) is 204 Å². The fourth-order valence-electron chi connectivity index (χ4n) is 8.05. The average Bonchev–Trinajstić information content (AvgIpc) is 3.50. The van der Waals surface area contributed by atoms with Crippen molar-refractivity contribution in [2.75, 3.05) is 0 Å². The fraction of sp³-hybridized carbons (Fsp3) is 0.0208. The lowest BCUT2D eigenvalue weighted by atomic mass is 9.67. The maximum absolute atomic E-state index is 10.1. The molecular formula is C48H29N3S. The molecule has 0 amide bonds. The number of rotatable bonds is 4. The predicted octanol–water partition coefficient (Wildman–Crippen LogP) is 11.8. The van der Waals surface area contributed by atoms with E-state index in [1.807, 2.05) is 42.1 Å². The number of aromatic nitrogens is 2. The van der Waals surface area contributed by atoms with Crippen LogP contribution in [0, 0.1) is 11.3 Å². The molecule has 10 rings (SSSR count). The molecule has 52 heavy (non-hydrogen) atoms. The molecule has 242 valence electrons. The monoisotopic (exact) mass is 679 g/mol. The summed E-state index contributed by atoms with van der Waals surface area (Å²) in [5.41, 5.74) is 14.3. The lowest BCUT2D eigenvalue weighted by molar-refractivity contribution is 0.722. The zero-order chi connectivity index (χ0) is 34.6. The Kier molecular flexibility index (Phi) is 7.02. The lowest BCUT2D eigenvalue weighted by Gasteiger charge is -2.39. The first-order chi connectivity index (χ1) is 25.7. The minimum atomic E-state index is -0.600. The molecule has 0 saturated carbocycles. The highest BCUT2D eigenvalue weighted by atomic mass is 32.2. The molecule has 4 heteroatoms. The highest BCUT2D eigenvalue weighted by molar-refractivity contribution is 7.99. The average molecular weight is 680 g/mol. The highest BCUT2D eigenvalue weighted by Crippen LogP contribution is 2.62. The Morgan fingerprint density at radius 3 is 1.58 bits per heavy atom. The Bertz CT molecular complexity index is 2670. The molecule has 0 atom stereocenters. The molecular weight excluding hydrogens is 651 g/mol. The van der Waals surface area contributed by atoms with Gasteiger partial charge in [-0.25, -0.2) is 9.97 Å². The summed E-state index contributed by atoms with van der Waals surface area (Å²) < 4.78 is 0. The first-order valence-electron chi connectivity index (χ1n) is 17.4. The van der Waals surface area contributed by atoms with E-state index >= 15 is 0 Å². The maximum Gasteiger partial charge on any atom is 0.160 e. The minimum Gasteiger partial charge on any atom is -0.228 e. The number of nitriles is 1. The van der Waals surface area contributed by atoms with E-state index in [4.69, 9.17) is 9.97 Å². The second-order valence-corrected chi connectivity index (χ2v) is 14.3. The molecule has 3 nitrogen and oxygen atoms in total. The normalized spacial score (nSPS) is 13.1. The molecule has 2 heterocycles. The molecule has 1 aliphatic heterocycles. The van der Waals surface area contributed by atoms with Crippen molar-refractivity contribution in [3.63, 3.8) is 0 Å². The van der Waals surface area contributed by atoms with Gasteiger partial charge in [0.05, 0.1) is 28.4 Å². The van der Waals surface area contributed by atoms with Gasteiger partial charge in [0, 0.05) is 26.5 Å². The Labute approximate surface area is 307 Å². The van der Waals surface area contributed by atoms with Crippen molar-refractivity contribution in [2.45, 2.75) is 15.2 Å².